The second-order valence-corrected chi connectivity index (χ2v) is 6.75. The van der Waals surface area contributed by atoms with Crippen molar-refractivity contribution in [2.24, 2.45) is 15.7 Å². The summed E-state index contributed by atoms with van der Waals surface area (Å²) < 4.78 is 0.832. The third-order valence-corrected chi connectivity index (χ3v) is 4.62. The van der Waals surface area contributed by atoms with Crippen LogP contribution in [0.1, 0.15) is 11.1 Å². The maximum Gasteiger partial charge on any atom is 0.280 e. The van der Waals surface area contributed by atoms with Gasteiger partial charge in [-0.2, -0.15) is 0 Å². The number of anilines is 2. The van der Waals surface area contributed by atoms with Crippen molar-refractivity contribution in [3.63, 3.8) is 0 Å². The summed E-state index contributed by atoms with van der Waals surface area (Å²) in [6.45, 7) is 1.98. The lowest BCUT2D eigenvalue weighted by molar-refractivity contribution is -0.120. The molecule has 2 aromatic rings. The number of hydrogen-bond acceptors (Lipinski definition) is 6. The molecule has 8 heteroatoms. The Morgan fingerprint density at radius 1 is 1.16 bits per heavy atom. The van der Waals surface area contributed by atoms with Crippen LogP contribution < -0.4 is 21.7 Å². The number of carbonyl (C=O) groups is 1. The summed E-state index contributed by atoms with van der Waals surface area (Å²) in [6, 6.07) is 13.3. The van der Waals surface area contributed by atoms with E-state index in [9.17, 15) is 4.79 Å². The third kappa shape index (κ3) is 2.54. The number of benzene rings is 2. The predicted molar refractivity (Wildman–Crippen MR) is 101 cm³/mol. The summed E-state index contributed by atoms with van der Waals surface area (Å²) >= 11 is 3.43. The summed E-state index contributed by atoms with van der Waals surface area (Å²) in [4.78, 5) is 21.5. The summed E-state index contributed by atoms with van der Waals surface area (Å²) in [5.74, 6) is 0.146. The highest BCUT2D eigenvalue weighted by Crippen LogP contribution is 2.42. The van der Waals surface area contributed by atoms with Gasteiger partial charge in [-0.15, -0.1) is 0 Å². The molecule has 5 N–H and O–H groups in total. The Balaban J connectivity index is 1.81. The maximum absolute atomic E-state index is 12.7. The van der Waals surface area contributed by atoms with Crippen LogP contribution in [-0.4, -0.2) is 17.8 Å². The van der Waals surface area contributed by atoms with Crippen LogP contribution in [0.5, 0.6) is 0 Å². The molecule has 1 unspecified atom stereocenters. The Morgan fingerprint density at radius 3 is 2.76 bits per heavy atom. The van der Waals surface area contributed by atoms with Crippen molar-refractivity contribution in [3.05, 3.63) is 58.1 Å². The lowest BCUT2D eigenvalue weighted by Crippen LogP contribution is -2.49. The minimum atomic E-state index is -1.43. The number of guanidine groups is 2. The zero-order chi connectivity index (χ0) is 17.6. The Bertz CT molecular complexity index is 954. The molecule has 25 heavy (non-hydrogen) atoms. The number of para-hydroxylation sites is 1. The summed E-state index contributed by atoms with van der Waals surface area (Å²) in [5, 5.41) is 8.88. The summed E-state index contributed by atoms with van der Waals surface area (Å²) in [7, 11) is 0. The van der Waals surface area contributed by atoms with Crippen molar-refractivity contribution < 1.29 is 4.79 Å². The van der Waals surface area contributed by atoms with Gasteiger partial charge in [0, 0.05) is 21.4 Å². The minimum Gasteiger partial charge on any atom is -0.370 e. The highest BCUT2D eigenvalue weighted by Gasteiger charge is 2.49. The minimum absolute atomic E-state index is 0.119. The highest BCUT2D eigenvalue weighted by molar-refractivity contribution is 9.10. The van der Waals surface area contributed by atoms with Crippen LogP contribution >= 0.6 is 15.9 Å². The number of carbonyl (C=O) groups excluding carboxylic acids is 1. The molecular formula is C17H15BrN6O. The van der Waals surface area contributed by atoms with Gasteiger partial charge in [0.05, 0.1) is 0 Å². The zero-order valence-corrected chi connectivity index (χ0v) is 14.9. The van der Waals surface area contributed by atoms with Crippen LogP contribution in [0.2, 0.25) is 0 Å². The average Bonchev–Trinajstić information content (AvgIpc) is 2.81. The van der Waals surface area contributed by atoms with E-state index in [4.69, 9.17) is 5.73 Å². The molecule has 126 valence electrons. The van der Waals surface area contributed by atoms with Crippen molar-refractivity contribution in [1.82, 2.24) is 5.32 Å². The van der Waals surface area contributed by atoms with Gasteiger partial charge in [-0.1, -0.05) is 34.1 Å². The number of fused-ring (bicyclic) bond motifs is 2. The number of nitrogens with one attached hydrogen (secondary N) is 3. The molecule has 2 aromatic carbocycles. The predicted octanol–water partition coefficient (Wildman–Crippen LogP) is 2.25. The van der Waals surface area contributed by atoms with Crippen LogP contribution in [-0.2, 0) is 10.5 Å². The number of rotatable bonds is 1. The summed E-state index contributed by atoms with van der Waals surface area (Å²) in [5.41, 5.74) is 7.76. The lowest BCUT2D eigenvalue weighted by Gasteiger charge is -2.26. The smallest absolute Gasteiger partial charge is 0.280 e. The molecule has 0 aliphatic carbocycles. The summed E-state index contributed by atoms with van der Waals surface area (Å²) in [6.07, 6.45) is 0. The van der Waals surface area contributed by atoms with Crippen LogP contribution in [0.3, 0.4) is 0 Å². The van der Waals surface area contributed by atoms with Gasteiger partial charge >= 0.3 is 0 Å². The van der Waals surface area contributed by atoms with Gasteiger partial charge in [0.2, 0.25) is 5.96 Å². The van der Waals surface area contributed by atoms with Crippen molar-refractivity contribution in [2.75, 3.05) is 10.6 Å². The first-order chi connectivity index (χ1) is 12.0. The van der Waals surface area contributed by atoms with Gasteiger partial charge in [0.1, 0.15) is 0 Å². The molecule has 4 rings (SSSR count). The Morgan fingerprint density at radius 2 is 1.96 bits per heavy atom. The highest BCUT2D eigenvalue weighted by atomic mass is 79.9. The monoisotopic (exact) mass is 398 g/mol. The first-order valence-corrected chi connectivity index (χ1v) is 8.43. The van der Waals surface area contributed by atoms with Crippen LogP contribution in [0.15, 0.2) is 56.9 Å². The normalized spacial score (nSPS) is 21.1. The molecule has 0 aromatic heterocycles. The maximum atomic E-state index is 12.7. The van der Waals surface area contributed by atoms with E-state index in [1.165, 1.54) is 0 Å². The molecule has 0 fully saturated rings. The van der Waals surface area contributed by atoms with Crippen molar-refractivity contribution in [2.45, 2.75) is 12.6 Å². The second-order valence-electron chi connectivity index (χ2n) is 5.84. The van der Waals surface area contributed by atoms with E-state index >= 15 is 0 Å². The SMILES string of the molecule is Cc1ccccc1NC1=NC2(N=C(N)N1)C(=O)Nc1ccc(Br)cc12. The van der Waals surface area contributed by atoms with Gasteiger partial charge in [-0.3, -0.25) is 10.1 Å². The molecule has 1 spiro atoms. The number of nitrogens with two attached hydrogens (primary N) is 1. The molecule has 2 heterocycles. The molecule has 0 radical (unpaired) electrons. The molecule has 0 bridgehead atoms. The number of nitrogens with zero attached hydrogens (tertiary/aromatic N) is 2. The number of hydrogen-bond donors (Lipinski definition) is 4. The quantitative estimate of drug-likeness (QED) is 0.591. The first kappa shape index (κ1) is 15.6. The fraction of sp³-hybridized carbons (Fsp3) is 0.118. The molecular weight excluding hydrogens is 384 g/mol. The standard InChI is InChI=1S/C17H15BrN6O/c1-9-4-2-3-5-12(9)21-16-22-15(19)23-17(24-16)11-8-10(18)6-7-13(11)20-14(17)25/h2-8H,1H3,(H,20,25)(H4,19,21,22,23,24). The van der Waals surface area contributed by atoms with Crippen molar-refractivity contribution in [3.8, 4) is 0 Å². The molecule has 0 saturated carbocycles. The number of amides is 1. The van der Waals surface area contributed by atoms with E-state index in [1.54, 1.807) is 0 Å². The van der Waals surface area contributed by atoms with Gasteiger partial charge in [-0.25, -0.2) is 9.98 Å². The first-order valence-electron chi connectivity index (χ1n) is 7.64. The van der Waals surface area contributed by atoms with E-state index in [0.717, 1.165) is 15.7 Å². The van der Waals surface area contributed by atoms with Gasteiger partial charge in [0.15, 0.2) is 5.96 Å². The van der Waals surface area contributed by atoms with Gasteiger partial charge in [-0.05, 0) is 36.8 Å². The van der Waals surface area contributed by atoms with Crippen molar-refractivity contribution >= 4 is 45.1 Å². The molecule has 0 saturated heterocycles. The number of halogens is 1. The topological polar surface area (TPSA) is 104 Å². The molecule has 7 nitrogen and oxygen atoms in total. The van der Waals surface area contributed by atoms with E-state index in [-0.39, 0.29) is 11.9 Å². The third-order valence-electron chi connectivity index (χ3n) is 4.12. The zero-order valence-electron chi connectivity index (χ0n) is 13.3. The van der Waals surface area contributed by atoms with E-state index < -0.39 is 5.66 Å². The van der Waals surface area contributed by atoms with E-state index in [0.29, 0.717) is 17.2 Å². The average molecular weight is 399 g/mol. The van der Waals surface area contributed by atoms with Crippen LogP contribution in [0.4, 0.5) is 11.4 Å². The molecule has 1 amide bonds. The fourth-order valence-electron chi connectivity index (χ4n) is 2.91. The molecule has 2 aliphatic rings. The van der Waals surface area contributed by atoms with Crippen LogP contribution in [0, 0.1) is 6.92 Å². The second kappa shape index (κ2) is 5.59. The molecule has 2 aliphatic heterocycles. The Labute approximate surface area is 152 Å². The van der Waals surface area contributed by atoms with Gasteiger partial charge < -0.3 is 16.4 Å². The Hall–Kier alpha value is -2.87. The van der Waals surface area contributed by atoms with Crippen LogP contribution in [0.25, 0.3) is 0 Å². The van der Waals surface area contributed by atoms with E-state index in [2.05, 4.69) is 41.9 Å². The molecule has 1 atom stereocenters. The number of aryl methyl sites for hydroxylation is 1. The number of aliphatic imine (C=N–C) groups is 2. The van der Waals surface area contributed by atoms with Gasteiger partial charge in [0.25, 0.3) is 11.6 Å². The Kier molecular flexibility index (Phi) is 3.50. The van der Waals surface area contributed by atoms with Crippen molar-refractivity contribution in [1.29, 1.82) is 0 Å². The lowest BCUT2D eigenvalue weighted by atomic mass is 10.0. The van der Waals surface area contributed by atoms with E-state index in [1.807, 2.05) is 49.4 Å². The largest absolute Gasteiger partial charge is 0.370 e. The fourth-order valence-corrected chi connectivity index (χ4v) is 3.27.